The van der Waals surface area contributed by atoms with Gasteiger partial charge >= 0.3 is 0 Å². The molecule has 1 aromatic heterocycles. The summed E-state index contributed by atoms with van der Waals surface area (Å²) < 4.78 is 2.13. The summed E-state index contributed by atoms with van der Waals surface area (Å²) in [7, 11) is 0. The lowest BCUT2D eigenvalue weighted by molar-refractivity contribution is 0.650. The van der Waals surface area contributed by atoms with Crippen LogP contribution in [-0.2, 0) is 13.0 Å². The van der Waals surface area contributed by atoms with E-state index in [0.717, 1.165) is 36.7 Å². The minimum absolute atomic E-state index is 0.480. The third-order valence-electron chi connectivity index (χ3n) is 2.94. The average molecular weight is 209 g/mol. The number of anilines is 1. The van der Waals surface area contributed by atoms with Crippen LogP contribution in [0.15, 0.2) is 0 Å². The molecule has 86 valence electrons. The first-order valence-corrected chi connectivity index (χ1v) is 6.00. The van der Waals surface area contributed by atoms with Gasteiger partial charge in [0.15, 0.2) is 0 Å². The van der Waals surface area contributed by atoms with Crippen LogP contribution in [0.4, 0.5) is 5.82 Å². The predicted molar refractivity (Wildman–Crippen MR) is 65.0 cm³/mol. The zero-order valence-corrected chi connectivity index (χ0v) is 10.4. The number of hydrogen-bond donors (Lipinski definition) is 1. The van der Waals surface area contributed by atoms with Crippen LogP contribution in [0.1, 0.15) is 58.0 Å². The van der Waals surface area contributed by atoms with E-state index in [1.165, 1.54) is 6.42 Å². The van der Waals surface area contributed by atoms with E-state index in [1.807, 2.05) is 0 Å². The fraction of sp³-hybridized carbons (Fsp3) is 0.750. The Morgan fingerprint density at radius 1 is 1.33 bits per heavy atom. The molecule has 15 heavy (non-hydrogen) atoms. The number of nitrogens with zero attached hydrogens (tertiary/aromatic N) is 2. The Labute approximate surface area is 92.7 Å². The van der Waals surface area contributed by atoms with E-state index in [0.29, 0.717) is 5.92 Å². The molecule has 1 atom stereocenters. The number of aryl methyl sites for hydroxylation is 1. The first kappa shape index (κ1) is 12.1. The van der Waals surface area contributed by atoms with Crippen molar-refractivity contribution in [1.82, 2.24) is 9.55 Å². The first-order valence-electron chi connectivity index (χ1n) is 6.00. The molecule has 2 N–H and O–H groups in total. The highest BCUT2D eigenvalue weighted by Crippen LogP contribution is 2.26. The van der Waals surface area contributed by atoms with Gasteiger partial charge in [-0.05, 0) is 13.3 Å². The highest BCUT2D eigenvalue weighted by atomic mass is 15.1. The monoisotopic (exact) mass is 209 g/mol. The SMILES string of the molecule is CCCC(C)c1nc(CC)n(CC)c1N. The van der Waals surface area contributed by atoms with Gasteiger partial charge in [0, 0.05) is 18.9 Å². The van der Waals surface area contributed by atoms with Gasteiger partial charge in [-0.2, -0.15) is 0 Å². The molecule has 0 spiro atoms. The lowest BCUT2D eigenvalue weighted by atomic mass is 10.0. The Kier molecular flexibility index (Phi) is 4.18. The lowest BCUT2D eigenvalue weighted by Gasteiger charge is -2.08. The third kappa shape index (κ3) is 2.33. The highest BCUT2D eigenvalue weighted by molar-refractivity contribution is 5.40. The normalized spacial score (nSPS) is 13.1. The molecule has 0 bridgehead atoms. The number of imidazole rings is 1. The first-order chi connectivity index (χ1) is 7.15. The quantitative estimate of drug-likeness (QED) is 0.810. The molecule has 0 fully saturated rings. The van der Waals surface area contributed by atoms with Crippen LogP contribution in [0.25, 0.3) is 0 Å². The molecule has 0 aliphatic carbocycles. The summed E-state index contributed by atoms with van der Waals surface area (Å²) in [5.74, 6) is 2.47. The van der Waals surface area contributed by atoms with Crippen molar-refractivity contribution in [2.45, 2.75) is 59.4 Å². The largest absolute Gasteiger partial charge is 0.384 e. The second-order valence-electron chi connectivity index (χ2n) is 4.09. The van der Waals surface area contributed by atoms with Gasteiger partial charge < -0.3 is 10.3 Å². The highest BCUT2D eigenvalue weighted by Gasteiger charge is 2.16. The van der Waals surface area contributed by atoms with Crippen molar-refractivity contribution in [3.05, 3.63) is 11.5 Å². The maximum Gasteiger partial charge on any atom is 0.127 e. The van der Waals surface area contributed by atoms with Crippen molar-refractivity contribution in [3.8, 4) is 0 Å². The maximum absolute atomic E-state index is 6.12. The molecule has 0 saturated heterocycles. The van der Waals surface area contributed by atoms with Crippen LogP contribution >= 0.6 is 0 Å². The van der Waals surface area contributed by atoms with Gasteiger partial charge in [-0.1, -0.05) is 27.2 Å². The van der Waals surface area contributed by atoms with Gasteiger partial charge in [0.2, 0.25) is 0 Å². The summed E-state index contributed by atoms with van der Waals surface area (Å²) in [5.41, 5.74) is 7.21. The molecule has 1 unspecified atom stereocenters. The topological polar surface area (TPSA) is 43.8 Å². The van der Waals surface area contributed by atoms with Crippen LogP contribution < -0.4 is 5.73 Å². The van der Waals surface area contributed by atoms with Crippen LogP contribution in [0.3, 0.4) is 0 Å². The third-order valence-corrected chi connectivity index (χ3v) is 2.94. The standard InChI is InChI=1S/C12H23N3/c1-5-8-9(4)11-12(13)15(7-3)10(6-2)14-11/h9H,5-8,13H2,1-4H3. The summed E-state index contributed by atoms with van der Waals surface area (Å²) in [5, 5.41) is 0. The Morgan fingerprint density at radius 2 is 2.00 bits per heavy atom. The molecule has 0 amide bonds. The molecule has 3 heteroatoms. The van der Waals surface area contributed by atoms with Gasteiger partial charge in [0.25, 0.3) is 0 Å². The molecule has 1 aromatic rings. The summed E-state index contributed by atoms with van der Waals surface area (Å²) >= 11 is 0. The van der Waals surface area contributed by atoms with E-state index >= 15 is 0 Å². The fourth-order valence-electron chi connectivity index (χ4n) is 2.09. The molecule has 0 radical (unpaired) electrons. The van der Waals surface area contributed by atoms with E-state index in [9.17, 15) is 0 Å². The smallest absolute Gasteiger partial charge is 0.127 e. The van der Waals surface area contributed by atoms with E-state index in [4.69, 9.17) is 5.73 Å². The molecule has 1 rings (SSSR count). The second-order valence-corrected chi connectivity index (χ2v) is 4.09. The van der Waals surface area contributed by atoms with E-state index in [-0.39, 0.29) is 0 Å². The van der Waals surface area contributed by atoms with Crippen LogP contribution in [0.5, 0.6) is 0 Å². The zero-order valence-electron chi connectivity index (χ0n) is 10.4. The fourth-order valence-corrected chi connectivity index (χ4v) is 2.09. The zero-order chi connectivity index (χ0) is 11.4. The van der Waals surface area contributed by atoms with Crippen molar-refractivity contribution in [1.29, 1.82) is 0 Å². The molecular formula is C12H23N3. The molecule has 0 aliphatic rings. The van der Waals surface area contributed by atoms with Crippen LogP contribution in [0.2, 0.25) is 0 Å². The Bertz CT molecular complexity index is 315. The minimum Gasteiger partial charge on any atom is -0.384 e. The summed E-state index contributed by atoms with van der Waals surface area (Å²) in [6.07, 6.45) is 3.30. The van der Waals surface area contributed by atoms with E-state index < -0.39 is 0 Å². The number of nitrogens with two attached hydrogens (primary N) is 1. The van der Waals surface area contributed by atoms with E-state index in [1.54, 1.807) is 0 Å². The van der Waals surface area contributed by atoms with Crippen molar-refractivity contribution >= 4 is 5.82 Å². The summed E-state index contributed by atoms with van der Waals surface area (Å²) in [6.45, 7) is 9.57. The summed E-state index contributed by atoms with van der Waals surface area (Å²) in [4.78, 5) is 4.66. The molecular weight excluding hydrogens is 186 g/mol. The number of hydrogen-bond acceptors (Lipinski definition) is 2. The van der Waals surface area contributed by atoms with E-state index in [2.05, 4.69) is 37.2 Å². The number of rotatable bonds is 5. The molecule has 3 nitrogen and oxygen atoms in total. The van der Waals surface area contributed by atoms with Crippen molar-refractivity contribution < 1.29 is 0 Å². The van der Waals surface area contributed by atoms with Gasteiger partial charge in [-0.25, -0.2) is 4.98 Å². The average Bonchev–Trinajstić information content (AvgIpc) is 2.55. The minimum atomic E-state index is 0.480. The summed E-state index contributed by atoms with van der Waals surface area (Å²) in [6, 6.07) is 0. The maximum atomic E-state index is 6.12. The second kappa shape index (κ2) is 5.19. The molecule has 0 aliphatic heterocycles. The van der Waals surface area contributed by atoms with Crippen molar-refractivity contribution in [2.24, 2.45) is 0 Å². The van der Waals surface area contributed by atoms with Crippen molar-refractivity contribution in [2.75, 3.05) is 5.73 Å². The Morgan fingerprint density at radius 3 is 2.40 bits per heavy atom. The lowest BCUT2D eigenvalue weighted by Crippen LogP contribution is -2.05. The Hall–Kier alpha value is -0.990. The van der Waals surface area contributed by atoms with Crippen LogP contribution in [-0.4, -0.2) is 9.55 Å². The Balaban J connectivity index is 3.03. The van der Waals surface area contributed by atoms with Gasteiger partial charge in [0.05, 0.1) is 5.69 Å². The van der Waals surface area contributed by atoms with Crippen molar-refractivity contribution in [3.63, 3.8) is 0 Å². The number of nitrogen functional groups attached to an aromatic ring is 1. The van der Waals surface area contributed by atoms with Crippen LogP contribution in [0, 0.1) is 0 Å². The van der Waals surface area contributed by atoms with Gasteiger partial charge in [-0.3, -0.25) is 0 Å². The molecule has 0 aromatic carbocycles. The molecule has 0 saturated carbocycles. The predicted octanol–water partition coefficient (Wildman–Crippen LogP) is 2.95. The number of aromatic nitrogens is 2. The molecule has 1 heterocycles. The van der Waals surface area contributed by atoms with Gasteiger partial charge in [-0.15, -0.1) is 0 Å². The van der Waals surface area contributed by atoms with Gasteiger partial charge in [0.1, 0.15) is 11.6 Å².